The Labute approximate surface area is 128 Å². The standard InChI is InChI=1S/C17H28N4/c1-4-5-10-19-17(18-2)20-13-14-8-9-16-15(12-14)7-6-11-21(16)3/h8-9,12H,4-7,10-11,13H2,1-3H3,(H2,18,19,20). The van der Waals surface area contributed by atoms with Crippen LogP contribution in [0.5, 0.6) is 0 Å². The molecule has 0 unspecified atom stereocenters. The molecule has 0 aromatic heterocycles. The fourth-order valence-corrected chi connectivity index (χ4v) is 2.74. The molecule has 0 bridgehead atoms. The lowest BCUT2D eigenvalue weighted by Crippen LogP contribution is -2.37. The van der Waals surface area contributed by atoms with Gasteiger partial charge in [0.05, 0.1) is 0 Å². The lowest BCUT2D eigenvalue weighted by atomic mass is 9.99. The number of benzene rings is 1. The van der Waals surface area contributed by atoms with Crippen LogP contribution >= 0.6 is 0 Å². The third-order valence-electron chi connectivity index (χ3n) is 4.00. The molecule has 0 aliphatic carbocycles. The van der Waals surface area contributed by atoms with Crippen LogP contribution in [-0.4, -0.2) is 33.1 Å². The number of nitrogens with one attached hydrogen (secondary N) is 2. The Morgan fingerprint density at radius 1 is 1.33 bits per heavy atom. The maximum Gasteiger partial charge on any atom is 0.191 e. The van der Waals surface area contributed by atoms with Gasteiger partial charge >= 0.3 is 0 Å². The SMILES string of the molecule is CCCCNC(=NC)NCc1ccc2c(c1)CCCN2C. The predicted molar refractivity (Wildman–Crippen MR) is 91.1 cm³/mol. The smallest absolute Gasteiger partial charge is 0.191 e. The molecular formula is C17H28N4. The number of anilines is 1. The third kappa shape index (κ3) is 4.38. The van der Waals surface area contributed by atoms with Gasteiger partial charge in [-0.15, -0.1) is 0 Å². The van der Waals surface area contributed by atoms with Crippen molar-refractivity contribution in [1.82, 2.24) is 10.6 Å². The molecular weight excluding hydrogens is 260 g/mol. The lowest BCUT2D eigenvalue weighted by Gasteiger charge is -2.28. The van der Waals surface area contributed by atoms with Crippen LogP contribution in [0.4, 0.5) is 5.69 Å². The number of aryl methyl sites for hydroxylation is 1. The second-order valence-corrected chi connectivity index (χ2v) is 5.69. The van der Waals surface area contributed by atoms with Crippen LogP contribution < -0.4 is 15.5 Å². The molecule has 1 aliphatic heterocycles. The number of rotatable bonds is 5. The van der Waals surface area contributed by atoms with Crippen molar-refractivity contribution in [3.8, 4) is 0 Å². The molecule has 0 spiro atoms. The zero-order valence-corrected chi connectivity index (χ0v) is 13.6. The summed E-state index contributed by atoms with van der Waals surface area (Å²) in [5.74, 6) is 0.887. The Kier molecular flexibility index (Phi) is 5.90. The Hall–Kier alpha value is -1.71. The number of nitrogens with zero attached hydrogens (tertiary/aromatic N) is 2. The second-order valence-electron chi connectivity index (χ2n) is 5.69. The average molecular weight is 288 g/mol. The van der Waals surface area contributed by atoms with Crippen molar-refractivity contribution >= 4 is 11.6 Å². The molecule has 116 valence electrons. The van der Waals surface area contributed by atoms with Gasteiger partial charge in [-0.25, -0.2) is 0 Å². The molecule has 0 saturated carbocycles. The van der Waals surface area contributed by atoms with E-state index in [2.05, 4.69) is 52.7 Å². The van der Waals surface area contributed by atoms with Crippen molar-refractivity contribution in [2.45, 2.75) is 39.2 Å². The highest BCUT2D eigenvalue weighted by atomic mass is 15.2. The molecule has 0 amide bonds. The molecule has 1 aliphatic rings. The summed E-state index contributed by atoms with van der Waals surface area (Å²) < 4.78 is 0. The highest BCUT2D eigenvalue weighted by Gasteiger charge is 2.13. The topological polar surface area (TPSA) is 39.7 Å². The monoisotopic (exact) mass is 288 g/mol. The number of unbranched alkanes of at least 4 members (excludes halogenated alkanes) is 1. The molecule has 0 atom stereocenters. The van der Waals surface area contributed by atoms with Crippen LogP contribution in [0.15, 0.2) is 23.2 Å². The first-order valence-electron chi connectivity index (χ1n) is 8.02. The largest absolute Gasteiger partial charge is 0.374 e. The molecule has 21 heavy (non-hydrogen) atoms. The number of hydrogen-bond donors (Lipinski definition) is 2. The molecule has 2 rings (SSSR count). The van der Waals surface area contributed by atoms with E-state index in [1.807, 2.05) is 7.05 Å². The molecule has 1 aromatic rings. The van der Waals surface area contributed by atoms with Gasteiger partial charge in [0.25, 0.3) is 0 Å². The Bertz CT molecular complexity index is 482. The van der Waals surface area contributed by atoms with E-state index in [0.29, 0.717) is 0 Å². The van der Waals surface area contributed by atoms with E-state index < -0.39 is 0 Å². The first-order valence-corrected chi connectivity index (χ1v) is 8.02. The summed E-state index contributed by atoms with van der Waals surface area (Å²) in [6, 6.07) is 6.79. The van der Waals surface area contributed by atoms with Crippen LogP contribution in [0.2, 0.25) is 0 Å². The number of guanidine groups is 1. The van der Waals surface area contributed by atoms with Crippen LogP contribution in [0, 0.1) is 0 Å². The van der Waals surface area contributed by atoms with Gasteiger partial charge in [-0.1, -0.05) is 25.5 Å². The van der Waals surface area contributed by atoms with E-state index in [1.54, 1.807) is 0 Å². The minimum Gasteiger partial charge on any atom is -0.374 e. The molecule has 0 radical (unpaired) electrons. The van der Waals surface area contributed by atoms with E-state index in [1.165, 1.54) is 49.0 Å². The van der Waals surface area contributed by atoms with Gasteiger partial charge in [0.2, 0.25) is 0 Å². The van der Waals surface area contributed by atoms with Gasteiger partial charge < -0.3 is 15.5 Å². The van der Waals surface area contributed by atoms with Gasteiger partial charge in [-0.3, -0.25) is 4.99 Å². The van der Waals surface area contributed by atoms with Gasteiger partial charge in [-0.2, -0.15) is 0 Å². The summed E-state index contributed by atoms with van der Waals surface area (Å²) in [7, 11) is 4.00. The molecule has 4 heteroatoms. The molecule has 1 aromatic carbocycles. The summed E-state index contributed by atoms with van der Waals surface area (Å²) in [6.07, 6.45) is 4.81. The fourth-order valence-electron chi connectivity index (χ4n) is 2.74. The normalized spacial score (nSPS) is 14.8. The van der Waals surface area contributed by atoms with Crippen LogP contribution in [0.1, 0.15) is 37.3 Å². The Morgan fingerprint density at radius 3 is 2.95 bits per heavy atom. The molecule has 0 fully saturated rings. The van der Waals surface area contributed by atoms with Crippen LogP contribution in [0.25, 0.3) is 0 Å². The summed E-state index contributed by atoms with van der Waals surface area (Å²) in [4.78, 5) is 6.61. The summed E-state index contributed by atoms with van der Waals surface area (Å²) in [5, 5.41) is 6.73. The number of fused-ring (bicyclic) bond motifs is 1. The van der Waals surface area contributed by atoms with E-state index in [9.17, 15) is 0 Å². The first kappa shape index (κ1) is 15.7. The quantitative estimate of drug-likeness (QED) is 0.497. The van der Waals surface area contributed by atoms with E-state index >= 15 is 0 Å². The van der Waals surface area contributed by atoms with E-state index in [0.717, 1.165) is 19.0 Å². The van der Waals surface area contributed by atoms with Crippen LogP contribution in [0.3, 0.4) is 0 Å². The highest BCUT2D eigenvalue weighted by molar-refractivity contribution is 5.79. The second kappa shape index (κ2) is 7.91. The summed E-state index contributed by atoms with van der Waals surface area (Å²) in [6.45, 7) is 5.16. The summed E-state index contributed by atoms with van der Waals surface area (Å²) >= 11 is 0. The summed E-state index contributed by atoms with van der Waals surface area (Å²) in [5.41, 5.74) is 4.18. The molecule has 2 N–H and O–H groups in total. The molecule has 4 nitrogen and oxygen atoms in total. The van der Waals surface area contributed by atoms with Crippen molar-refractivity contribution in [3.63, 3.8) is 0 Å². The zero-order chi connectivity index (χ0) is 15.1. The van der Waals surface area contributed by atoms with Crippen molar-refractivity contribution in [2.24, 2.45) is 4.99 Å². The van der Waals surface area contributed by atoms with Gasteiger partial charge in [0, 0.05) is 39.4 Å². The maximum atomic E-state index is 4.26. The molecule has 1 heterocycles. The van der Waals surface area contributed by atoms with Crippen molar-refractivity contribution < 1.29 is 0 Å². The predicted octanol–water partition coefficient (Wildman–Crippen LogP) is 2.53. The lowest BCUT2D eigenvalue weighted by molar-refractivity contribution is 0.725. The van der Waals surface area contributed by atoms with Crippen molar-refractivity contribution in [1.29, 1.82) is 0 Å². The van der Waals surface area contributed by atoms with Crippen LogP contribution in [-0.2, 0) is 13.0 Å². The number of hydrogen-bond acceptors (Lipinski definition) is 2. The fraction of sp³-hybridized carbons (Fsp3) is 0.588. The van der Waals surface area contributed by atoms with Crippen molar-refractivity contribution in [2.75, 3.05) is 32.1 Å². The third-order valence-corrected chi connectivity index (χ3v) is 4.00. The van der Waals surface area contributed by atoms with Gasteiger partial charge in [-0.05, 0) is 36.5 Å². The number of aliphatic imine (C=N–C) groups is 1. The Morgan fingerprint density at radius 2 is 2.19 bits per heavy atom. The molecule has 0 saturated heterocycles. The minimum absolute atomic E-state index is 0.822. The van der Waals surface area contributed by atoms with E-state index in [4.69, 9.17) is 0 Å². The van der Waals surface area contributed by atoms with Crippen molar-refractivity contribution in [3.05, 3.63) is 29.3 Å². The first-order chi connectivity index (χ1) is 10.2. The average Bonchev–Trinajstić information content (AvgIpc) is 2.51. The van der Waals surface area contributed by atoms with E-state index in [-0.39, 0.29) is 0 Å². The Balaban J connectivity index is 1.91. The van der Waals surface area contributed by atoms with Gasteiger partial charge in [0.1, 0.15) is 0 Å². The highest BCUT2D eigenvalue weighted by Crippen LogP contribution is 2.26. The minimum atomic E-state index is 0.822. The maximum absolute atomic E-state index is 4.26. The van der Waals surface area contributed by atoms with Gasteiger partial charge in [0.15, 0.2) is 5.96 Å². The zero-order valence-electron chi connectivity index (χ0n) is 13.6.